The SMILES string of the molecule is Cc1cc(C)n(Cc2cccc(C(=O)NCCC(=O)N3CCc4sccc4C3)c2)n1. The molecular formula is C23H26N4O2S. The number of hydrogen-bond donors (Lipinski definition) is 1. The standard InChI is InChI=1S/C23H26N4O2S/c1-16-12-17(2)27(25-16)14-18-4-3-5-19(13-18)23(29)24-9-6-22(28)26-10-7-21-20(15-26)8-11-30-21/h3-5,8,11-13H,6-7,9-10,14-15H2,1-2H3,(H,24,29). The molecule has 1 aliphatic rings. The van der Waals surface area contributed by atoms with E-state index in [1.807, 2.05) is 47.7 Å². The van der Waals surface area contributed by atoms with Crippen molar-refractivity contribution in [3.05, 3.63) is 74.7 Å². The van der Waals surface area contributed by atoms with Gasteiger partial charge in [-0.1, -0.05) is 12.1 Å². The minimum atomic E-state index is -0.156. The number of nitrogens with zero attached hydrogens (tertiary/aromatic N) is 3. The van der Waals surface area contributed by atoms with Crippen LogP contribution in [0.2, 0.25) is 0 Å². The minimum Gasteiger partial charge on any atom is -0.352 e. The fourth-order valence-corrected chi connectivity index (χ4v) is 4.71. The predicted octanol–water partition coefficient (Wildman–Crippen LogP) is 3.31. The zero-order valence-corrected chi connectivity index (χ0v) is 18.2. The zero-order chi connectivity index (χ0) is 21.1. The Morgan fingerprint density at radius 3 is 2.87 bits per heavy atom. The van der Waals surface area contributed by atoms with Crippen LogP contribution in [0.5, 0.6) is 0 Å². The van der Waals surface area contributed by atoms with Crippen molar-refractivity contribution in [1.82, 2.24) is 20.0 Å². The number of aryl methyl sites for hydroxylation is 2. The zero-order valence-electron chi connectivity index (χ0n) is 17.4. The van der Waals surface area contributed by atoms with E-state index in [0.717, 1.165) is 29.9 Å². The second kappa shape index (κ2) is 8.83. The van der Waals surface area contributed by atoms with Crippen LogP contribution in [0.25, 0.3) is 0 Å². The van der Waals surface area contributed by atoms with Gasteiger partial charge in [0.1, 0.15) is 0 Å². The van der Waals surface area contributed by atoms with Crippen LogP contribution in [-0.4, -0.2) is 39.6 Å². The van der Waals surface area contributed by atoms with Gasteiger partial charge in [0.05, 0.1) is 12.2 Å². The maximum atomic E-state index is 12.6. The molecule has 0 aliphatic carbocycles. The highest BCUT2D eigenvalue weighted by Crippen LogP contribution is 2.24. The van der Waals surface area contributed by atoms with Gasteiger partial charge in [0.15, 0.2) is 0 Å². The second-order valence-corrected chi connectivity index (χ2v) is 8.73. The number of benzene rings is 1. The van der Waals surface area contributed by atoms with E-state index in [1.165, 1.54) is 10.4 Å². The van der Waals surface area contributed by atoms with Gasteiger partial charge < -0.3 is 10.2 Å². The maximum absolute atomic E-state index is 12.6. The topological polar surface area (TPSA) is 67.2 Å². The van der Waals surface area contributed by atoms with E-state index in [1.54, 1.807) is 17.4 Å². The van der Waals surface area contributed by atoms with Crippen LogP contribution in [0.3, 0.4) is 0 Å². The van der Waals surface area contributed by atoms with Gasteiger partial charge in [-0.2, -0.15) is 5.10 Å². The van der Waals surface area contributed by atoms with Crippen molar-refractivity contribution in [3.8, 4) is 0 Å². The molecule has 3 aromatic rings. The molecule has 0 bridgehead atoms. The minimum absolute atomic E-state index is 0.0884. The molecule has 3 heterocycles. The summed E-state index contributed by atoms with van der Waals surface area (Å²) >= 11 is 1.76. The van der Waals surface area contributed by atoms with Crippen LogP contribution in [0.4, 0.5) is 0 Å². The number of fused-ring (bicyclic) bond motifs is 1. The molecule has 0 fully saturated rings. The van der Waals surface area contributed by atoms with Gasteiger partial charge >= 0.3 is 0 Å². The van der Waals surface area contributed by atoms with Crippen LogP contribution in [0.15, 0.2) is 41.8 Å². The normalized spacial score (nSPS) is 13.2. The lowest BCUT2D eigenvalue weighted by atomic mass is 10.1. The van der Waals surface area contributed by atoms with Crippen molar-refractivity contribution < 1.29 is 9.59 Å². The summed E-state index contributed by atoms with van der Waals surface area (Å²) in [7, 11) is 0. The number of nitrogens with one attached hydrogen (secondary N) is 1. The van der Waals surface area contributed by atoms with E-state index in [4.69, 9.17) is 0 Å². The number of amides is 2. The summed E-state index contributed by atoms with van der Waals surface area (Å²) in [5, 5.41) is 9.45. The highest BCUT2D eigenvalue weighted by atomic mass is 32.1. The fraction of sp³-hybridized carbons (Fsp3) is 0.348. The van der Waals surface area contributed by atoms with Gasteiger partial charge in [-0.3, -0.25) is 14.3 Å². The van der Waals surface area contributed by atoms with Gasteiger partial charge in [0.2, 0.25) is 5.91 Å². The summed E-state index contributed by atoms with van der Waals surface area (Å²) in [5.74, 6) is -0.0674. The van der Waals surface area contributed by atoms with E-state index in [9.17, 15) is 9.59 Å². The number of carbonyl (C=O) groups is 2. The molecule has 30 heavy (non-hydrogen) atoms. The van der Waals surface area contributed by atoms with E-state index in [-0.39, 0.29) is 11.8 Å². The van der Waals surface area contributed by atoms with Crippen LogP contribution in [-0.2, 0) is 24.3 Å². The Morgan fingerprint density at radius 2 is 2.07 bits per heavy atom. The van der Waals surface area contributed by atoms with Crippen LogP contribution in [0, 0.1) is 13.8 Å². The Labute approximate surface area is 180 Å². The van der Waals surface area contributed by atoms with Crippen molar-refractivity contribution >= 4 is 23.2 Å². The van der Waals surface area contributed by atoms with E-state index < -0.39 is 0 Å². The molecule has 1 N–H and O–H groups in total. The van der Waals surface area contributed by atoms with Crippen molar-refractivity contribution in [1.29, 1.82) is 0 Å². The first-order chi connectivity index (χ1) is 14.5. The average Bonchev–Trinajstić information content (AvgIpc) is 3.33. The smallest absolute Gasteiger partial charge is 0.251 e. The quantitative estimate of drug-likeness (QED) is 0.663. The molecule has 7 heteroatoms. The average molecular weight is 423 g/mol. The fourth-order valence-electron chi connectivity index (χ4n) is 3.82. The Morgan fingerprint density at radius 1 is 1.20 bits per heavy atom. The molecule has 1 aromatic carbocycles. The molecule has 6 nitrogen and oxygen atoms in total. The van der Waals surface area contributed by atoms with E-state index >= 15 is 0 Å². The molecule has 0 radical (unpaired) electrons. The van der Waals surface area contributed by atoms with Gasteiger partial charge in [-0.05, 0) is 61.0 Å². The van der Waals surface area contributed by atoms with Gasteiger partial charge in [0, 0.05) is 42.2 Å². The molecule has 4 rings (SSSR count). The predicted molar refractivity (Wildman–Crippen MR) is 118 cm³/mol. The van der Waals surface area contributed by atoms with Crippen LogP contribution >= 0.6 is 11.3 Å². The number of thiophene rings is 1. The van der Waals surface area contributed by atoms with Crippen molar-refractivity contribution in [2.24, 2.45) is 0 Å². The number of hydrogen-bond acceptors (Lipinski definition) is 4. The lowest BCUT2D eigenvalue weighted by Gasteiger charge is -2.27. The van der Waals surface area contributed by atoms with Crippen molar-refractivity contribution in [3.63, 3.8) is 0 Å². The molecular weight excluding hydrogens is 396 g/mol. The molecule has 0 spiro atoms. The van der Waals surface area contributed by atoms with Crippen LogP contribution < -0.4 is 5.32 Å². The Hall–Kier alpha value is -2.93. The molecule has 0 unspecified atom stereocenters. The summed E-state index contributed by atoms with van der Waals surface area (Å²) in [4.78, 5) is 28.3. The second-order valence-electron chi connectivity index (χ2n) is 7.73. The molecule has 2 amide bonds. The Bertz CT molecular complexity index is 1070. The number of carbonyl (C=O) groups excluding carboxylic acids is 2. The Balaban J connectivity index is 1.29. The monoisotopic (exact) mass is 422 g/mol. The maximum Gasteiger partial charge on any atom is 0.251 e. The molecule has 0 saturated carbocycles. The third-order valence-corrected chi connectivity index (χ3v) is 6.43. The summed E-state index contributed by atoms with van der Waals surface area (Å²) in [6.07, 6.45) is 1.24. The van der Waals surface area contributed by atoms with Gasteiger partial charge in [-0.25, -0.2) is 0 Å². The van der Waals surface area contributed by atoms with E-state index in [2.05, 4.69) is 21.9 Å². The van der Waals surface area contributed by atoms with Gasteiger partial charge in [-0.15, -0.1) is 11.3 Å². The number of aromatic nitrogens is 2. The third-order valence-electron chi connectivity index (χ3n) is 5.41. The molecule has 0 saturated heterocycles. The summed E-state index contributed by atoms with van der Waals surface area (Å²) in [6.45, 7) is 6.40. The molecule has 156 valence electrons. The molecule has 2 aromatic heterocycles. The number of rotatable bonds is 6. The van der Waals surface area contributed by atoms with Crippen molar-refractivity contribution in [2.45, 2.75) is 39.8 Å². The van der Waals surface area contributed by atoms with E-state index in [0.29, 0.717) is 31.6 Å². The van der Waals surface area contributed by atoms with Crippen LogP contribution in [0.1, 0.15) is 44.2 Å². The third kappa shape index (κ3) is 4.62. The lowest BCUT2D eigenvalue weighted by molar-refractivity contribution is -0.131. The highest BCUT2D eigenvalue weighted by Gasteiger charge is 2.21. The summed E-state index contributed by atoms with van der Waals surface area (Å²) in [5.41, 5.74) is 4.94. The summed E-state index contributed by atoms with van der Waals surface area (Å²) in [6, 6.07) is 11.7. The lowest BCUT2D eigenvalue weighted by Crippen LogP contribution is -2.37. The molecule has 0 atom stereocenters. The largest absolute Gasteiger partial charge is 0.352 e. The first-order valence-corrected chi connectivity index (χ1v) is 11.1. The Kier molecular flexibility index (Phi) is 5.99. The first kappa shape index (κ1) is 20.3. The van der Waals surface area contributed by atoms with Crippen molar-refractivity contribution in [2.75, 3.05) is 13.1 Å². The molecule has 1 aliphatic heterocycles. The first-order valence-electron chi connectivity index (χ1n) is 10.2. The summed E-state index contributed by atoms with van der Waals surface area (Å²) < 4.78 is 1.93. The van der Waals surface area contributed by atoms with Gasteiger partial charge in [0.25, 0.3) is 5.91 Å². The highest BCUT2D eigenvalue weighted by molar-refractivity contribution is 7.10.